The SMILES string of the molecule is O=C(O)CCN1CCN(c2ccn3nccc3n2)CC1. The fourth-order valence-corrected chi connectivity index (χ4v) is 2.43. The first-order valence-corrected chi connectivity index (χ1v) is 6.72. The zero-order valence-corrected chi connectivity index (χ0v) is 11.1. The van der Waals surface area contributed by atoms with Crippen LogP contribution in [0.1, 0.15) is 6.42 Å². The van der Waals surface area contributed by atoms with Crippen molar-refractivity contribution in [1.82, 2.24) is 19.5 Å². The van der Waals surface area contributed by atoms with E-state index in [0.29, 0.717) is 6.54 Å². The van der Waals surface area contributed by atoms with Crippen LogP contribution in [0.15, 0.2) is 24.5 Å². The Morgan fingerprint density at radius 2 is 2.05 bits per heavy atom. The molecule has 1 fully saturated rings. The van der Waals surface area contributed by atoms with Gasteiger partial charge in [-0.05, 0) is 6.07 Å². The highest BCUT2D eigenvalue weighted by Gasteiger charge is 2.18. The van der Waals surface area contributed by atoms with Crippen LogP contribution in [-0.4, -0.2) is 63.3 Å². The third-order valence-electron chi connectivity index (χ3n) is 3.58. The zero-order valence-electron chi connectivity index (χ0n) is 11.1. The molecule has 1 N–H and O–H groups in total. The number of aromatic nitrogens is 3. The van der Waals surface area contributed by atoms with Crippen LogP contribution in [0.5, 0.6) is 0 Å². The van der Waals surface area contributed by atoms with E-state index in [2.05, 4.69) is 19.9 Å². The van der Waals surface area contributed by atoms with Gasteiger partial charge in [-0.2, -0.15) is 5.10 Å². The maximum absolute atomic E-state index is 10.6. The molecule has 1 saturated heterocycles. The summed E-state index contributed by atoms with van der Waals surface area (Å²) in [6.45, 7) is 4.12. The van der Waals surface area contributed by atoms with Crippen molar-refractivity contribution in [2.75, 3.05) is 37.6 Å². The summed E-state index contributed by atoms with van der Waals surface area (Å²) in [5.41, 5.74) is 0.843. The van der Waals surface area contributed by atoms with Crippen LogP contribution < -0.4 is 4.90 Å². The minimum atomic E-state index is -0.736. The third-order valence-corrected chi connectivity index (χ3v) is 3.58. The molecule has 0 radical (unpaired) electrons. The van der Waals surface area contributed by atoms with Gasteiger partial charge in [0.2, 0.25) is 0 Å². The number of nitrogens with zero attached hydrogens (tertiary/aromatic N) is 5. The molecule has 0 spiro atoms. The highest BCUT2D eigenvalue weighted by molar-refractivity contribution is 5.66. The first-order chi connectivity index (χ1) is 9.72. The summed E-state index contributed by atoms with van der Waals surface area (Å²) in [7, 11) is 0. The summed E-state index contributed by atoms with van der Waals surface area (Å²) in [5.74, 6) is 0.219. The molecule has 0 saturated carbocycles. The van der Waals surface area contributed by atoms with Gasteiger partial charge in [0.25, 0.3) is 0 Å². The standard InChI is InChI=1S/C13H17N5O2/c19-13(20)3-5-16-7-9-17(10-8-16)11-2-6-18-12(15-11)1-4-14-18/h1-2,4,6H,3,5,7-10H2,(H,19,20). The third kappa shape index (κ3) is 2.72. The van der Waals surface area contributed by atoms with Crippen molar-refractivity contribution in [3.8, 4) is 0 Å². The predicted octanol–water partition coefficient (Wildman–Crippen LogP) is 0.326. The first kappa shape index (κ1) is 12.9. The van der Waals surface area contributed by atoms with E-state index in [0.717, 1.165) is 37.6 Å². The van der Waals surface area contributed by atoms with Gasteiger partial charge in [0.1, 0.15) is 5.82 Å². The number of rotatable bonds is 4. The van der Waals surface area contributed by atoms with Crippen molar-refractivity contribution in [2.24, 2.45) is 0 Å². The smallest absolute Gasteiger partial charge is 0.304 e. The highest BCUT2D eigenvalue weighted by atomic mass is 16.4. The van der Waals surface area contributed by atoms with Gasteiger partial charge in [-0.3, -0.25) is 9.69 Å². The minimum absolute atomic E-state index is 0.208. The van der Waals surface area contributed by atoms with Crippen molar-refractivity contribution >= 4 is 17.4 Å². The van der Waals surface area contributed by atoms with E-state index in [9.17, 15) is 4.79 Å². The molecule has 2 aromatic heterocycles. The number of piperazine rings is 1. The molecule has 3 heterocycles. The lowest BCUT2D eigenvalue weighted by molar-refractivity contribution is -0.137. The van der Waals surface area contributed by atoms with E-state index in [1.165, 1.54) is 0 Å². The van der Waals surface area contributed by atoms with Gasteiger partial charge < -0.3 is 10.0 Å². The Bertz CT molecular complexity index is 604. The van der Waals surface area contributed by atoms with Crippen LogP contribution in [0.4, 0.5) is 5.82 Å². The summed E-state index contributed by atoms with van der Waals surface area (Å²) in [6, 6.07) is 3.85. The van der Waals surface area contributed by atoms with Crippen molar-refractivity contribution in [1.29, 1.82) is 0 Å². The molecule has 0 bridgehead atoms. The molecule has 106 valence electrons. The monoisotopic (exact) mass is 275 g/mol. The fourth-order valence-electron chi connectivity index (χ4n) is 2.43. The minimum Gasteiger partial charge on any atom is -0.481 e. The Morgan fingerprint density at radius 3 is 2.80 bits per heavy atom. The molecule has 0 aliphatic carbocycles. The molecule has 1 aliphatic heterocycles. The molecule has 7 nitrogen and oxygen atoms in total. The van der Waals surface area contributed by atoms with E-state index in [4.69, 9.17) is 5.11 Å². The van der Waals surface area contributed by atoms with Gasteiger partial charge >= 0.3 is 5.97 Å². The lowest BCUT2D eigenvalue weighted by Gasteiger charge is -2.35. The van der Waals surface area contributed by atoms with Crippen molar-refractivity contribution in [3.05, 3.63) is 24.5 Å². The maximum Gasteiger partial charge on any atom is 0.304 e. The van der Waals surface area contributed by atoms with Crippen molar-refractivity contribution < 1.29 is 9.90 Å². The Morgan fingerprint density at radius 1 is 1.25 bits per heavy atom. The second kappa shape index (κ2) is 5.46. The summed E-state index contributed by atoms with van der Waals surface area (Å²) in [5, 5.41) is 12.8. The van der Waals surface area contributed by atoms with E-state index in [-0.39, 0.29) is 6.42 Å². The number of hydrogen-bond acceptors (Lipinski definition) is 5. The topological polar surface area (TPSA) is 74.0 Å². The number of aliphatic carboxylic acids is 1. The Balaban J connectivity index is 1.61. The molecular formula is C13H17N5O2. The molecule has 0 aromatic carbocycles. The fraction of sp³-hybridized carbons (Fsp3) is 0.462. The van der Waals surface area contributed by atoms with E-state index >= 15 is 0 Å². The number of hydrogen-bond donors (Lipinski definition) is 1. The van der Waals surface area contributed by atoms with Crippen molar-refractivity contribution in [3.63, 3.8) is 0 Å². The lowest BCUT2D eigenvalue weighted by atomic mass is 10.3. The Hall–Kier alpha value is -2.15. The quantitative estimate of drug-likeness (QED) is 0.866. The van der Waals surface area contributed by atoms with Gasteiger partial charge in [-0.1, -0.05) is 0 Å². The van der Waals surface area contributed by atoms with Crippen LogP contribution >= 0.6 is 0 Å². The van der Waals surface area contributed by atoms with Crippen LogP contribution in [-0.2, 0) is 4.79 Å². The number of carboxylic acids is 1. The molecule has 3 rings (SSSR count). The van der Waals surface area contributed by atoms with E-state index < -0.39 is 5.97 Å². The molecular weight excluding hydrogens is 258 g/mol. The predicted molar refractivity (Wildman–Crippen MR) is 73.9 cm³/mol. The maximum atomic E-state index is 10.6. The summed E-state index contributed by atoms with van der Waals surface area (Å²) in [6.07, 6.45) is 3.85. The van der Waals surface area contributed by atoms with Crippen LogP contribution in [0.25, 0.3) is 5.65 Å². The largest absolute Gasteiger partial charge is 0.481 e. The number of anilines is 1. The van der Waals surface area contributed by atoms with Gasteiger partial charge in [0.15, 0.2) is 5.65 Å². The van der Waals surface area contributed by atoms with Gasteiger partial charge in [-0.15, -0.1) is 0 Å². The average molecular weight is 275 g/mol. The zero-order chi connectivity index (χ0) is 13.9. The Labute approximate surface area is 116 Å². The first-order valence-electron chi connectivity index (χ1n) is 6.72. The number of fused-ring (bicyclic) bond motifs is 1. The molecule has 0 amide bonds. The van der Waals surface area contributed by atoms with Crippen molar-refractivity contribution in [2.45, 2.75) is 6.42 Å². The summed E-state index contributed by atoms with van der Waals surface area (Å²) < 4.78 is 1.74. The number of carbonyl (C=O) groups is 1. The van der Waals surface area contributed by atoms with E-state index in [1.807, 2.05) is 18.3 Å². The second-order valence-electron chi connectivity index (χ2n) is 4.89. The van der Waals surface area contributed by atoms with Crippen LogP contribution in [0, 0.1) is 0 Å². The number of carboxylic acid groups (broad SMARTS) is 1. The molecule has 20 heavy (non-hydrogen) atoms. The Kier molecular flexibility index (Phi) is 3.51. The highest BCUT2D eigenvalue weighted by Crippen LogP contribution is 2.14. The van der Waals surface area contributed by atoms with Gasteiger partial charge in [-0.25, -0.2) is 9.50 Å². The summed E-state index contributed by atoms with van der Waals surface area (Å²) >= 11 is 0. The molecule has 7 heteroatoms. The van der Waals surface area contributed by atoms with Gasteiger partial charge in [0.05, 0.1) is 12.6 Å². The van der Waals surface area contributed by atoms with Gasteiger partial charge in [0, 0.05) is 45.0 Å². The molecule has 1 aliphatic rings. The molecule has 0 atom stereocenters. The lowest BCUT2D eigenvalue weighted by Crippen LogP contribution is -2.47. The average Bonchev–Trinajstić information content (AvgIpc) is 2.93. The molecule has 2 aromatic rings. The van der Waals surface area contributed by atoms with Crippen LogP contribution in [0.3, 0.4) is 0 Å². The second-order valence-corrected chi connectivity index (χ2v) is 4.89. The van der Waals surface area contributed by atoms with Crippen LogP contribution in [0.2, 0.25) is 0 Å². The summed E-state index contributed by atoms with van der Waals surface area (Å²) in [4.78, 5) is 19.6. The van der Waals surface area contributed by atoms with E-state index in [1.54, 1.807) is 10.7 Å². The molecule has 0 unspecified atom stereocenters. The normalized spacial score (nSPS) is 16.7.